The first-order valence-corrected chi connectivity index (χ1v) is 4.43. The summed E-state index contributed by atoms with van der Waals surface area (Å²) in [5.41, 5.74) is 0. The Kier molecular flexibility index (Phi) is 6.74. The predicted octanol–water partition coefficient (Wildman–Crippen LogP) is 0.0444. The molecule has 0 radical (unpaired) electrons. The van der Waals surface area contributed by atoms with Crippen LogP contribution >= 0.6 is 0 Å². The Bertz CT molecular complexity index is 191. The van der Waals surface area contributed by atoms with Crippen molar-refractivity contribution in [2.45, 2.75) is 12.8 Å². The van der Waals surface area contributed by atoms with Gasteiger partial charge in [-0.25, -0.2) is 0 Å². The van der Waals surface area contributed by atoms with Gasteiger partial charge in [0.1, 0.15) is 6.61 Å². The maximum absolute atomic E-state index is 11.0. The van der Waals surface area contributed by atoms with E-state index in [1.165, 1.54) is 7.11 Å². The van der Waals surface area contributed by atoms with Gasteiger partial charge in [0.05, 0.1) is 20.0 Å². The average Bonchev–Trinajstić information content (AvgIpc) is 2.13. The molecule has 0 N–H and O–H groups in total. The van der Waals surface area contributed by atoms with Gasteiger partial charge in [0.25, 0.3) is 0 Å². The molecule has 0 aliphatic heterocycles. The lowest BCUT2D eigenvalue weighted by atomic mass is 10.3. The zero-order chi connectivity index (χ0) is 11.0. The van der Waals surface area contributed by atoms with E-state index < -0.39 is 5.97 Å². The summed E-state index contributed by atoms with van der Waals surface area (Å²) in [4.78, 5) is 23.6. The van der Waals surface area contributed by atoms with Gasteiger partial charge in [0, 0.05) is 6.54 Å². The van der Waals surface area contributed by atoms with E-state index in [1.807, 2.05) is 19.0 Å². The quantitative estimate of drug-likeness (QED) is 0.571. The molecule has 5 nitrogen and oxygen atoms in total. The monoisotopic (exact) mass is 203 g/mol. The van der Waals surface area contributed by atoms with Crippen LogP contribution in [0.4, 0.5) is 0 Å². The Morgan fingerprint density at radius 2 is 1.71 bits per heavy atom. The second kappa shape index (κ2) is 7.32. The number of nitrogens with zero attached hydrogens (tertiary/aromatic N) is 1. The molecule has 0 saturated carbocycles. The molecular formula is C9H17NO4. The molecule has 14 heavy (non-hydrogen) atoms. The van der Waals surface area contributed by atoms with Crippen LogP contribution in [-0.4, -0.2) is 51.2 Å². The number of hydrogen-bond donors (Lipinski definition) is 0. The van der Waals surface area contributed by atoms with Crippen molar-refractivity contribution in [1.82, 2.24) is 4.90 Å². The van der Waals surface area contributed by atoms with Gasteiger partial charge < -0.3 is 14.4 Å². The zero-order valence-electron chi connectivity index (χ0n) is 8.91. The third kappa shape index (κ3) is 7.54. The van der Waals surface area contributed by atoms with Gasteiger partial charge in [-0.1, -0.05) is 0 Å². The largest absolute Gasteiger partial charge is 0.469 e. The van der Waals surface area contributed by atoms with Gasteiger partial charge in [0.15, 0.2) is 0 Å². The summed E-state index contributed by atoms with van der Waals surface area (Å²) in [6.07, 6.45) is 0.164. The van der Waals surface area contributed by atoms with Crippen molar-refractivity contribution in [3.8, 4) is 0 Å². The molecule has 82 valence electrons. The van der Waals surface area contributed by atoms with E-state index in [-0.39, 0.29) is 18.8 Å². The van der Waals surface area contributed by atoms with E-state index in [9.17, 15) is 9.59 Å². The third-order valence-electron chi connectivity index (χ3n) is 1.56. The molecule has 0 spiro atoms. The number of carbonyl (C=O) groups excluding carboxylic acids is 2. The summed E-state index contributed by atoms with van der Waals surface area (Å²) >= 11 is 0. The van der Waals surface area contributed by atoms with Crippen molar-refractivity contribution < 1.29 is 19.1 Å². The van der Waals surface area contributed by atoms with Gasteiger partial charge >= 0.3 is 11.9 Å². The Morgan fingerprint density at radius 3 is 2.21 bits per heavy atom. The van der Waals surface area contributed by atoms with Crippen LogP contribution in [0.3, 0.4) is 0 Å². The van der Waals surface area contributed by atoms with E-state index in [4.69, 9.17) is 4.74 Å². The van der Waals surface area contributed by atoms with E-state index in [0.717, 1.165) is 0 Å². The number of ether oxygens (including phenoxy) is 2. The Labute approximate surface area is 84.0 Å². The van der Waals surface area contributed by atoms with E-state index >= 15 is 0 Å². The van der Waals surface area contributed by atoms with Crippen molar-refractivity contribution in [2.24, 2.45) is 0 Å². The number of methoxy groups -OCH3 is 1. The predicted molar refractivity (Wildman–Crippen MR) is 50.8 cm³/mol. The molecule has 0 aliphatic rings. The highest BCUT2D eigenvalue weighted by molar-refractivity contribution is 5.77. The molecule has 0 fully saturated rings. The molecule has 0 atom stereocenters. The first-order chi connectivity index (χ1) is 6.56. The molecule has 0 unspecified atom stereocenters. The molecule has 0 aromatic rings. The van der Waals surface area contributed by atoms with Crippen LogP contribution in [0, 0.1) is 0 Å². The third-order valence-corrected chi connectivity index (χ3v) is 1.56. The van der Waals surface area contributed by atoms with Crippen LogP contribution < -0.4 is 0 Å². The van der Waals surface area contributed by atoms with Gasteiger partial charge in [-0.2, -0.15) is 0 Å². The molecule has 0 saturated heterocycles. The normalized spacial score (nSPS) is 10.0. The molecular weight excluding hydrogens is 186 g/mol. The highest BCUT2D eigenvalue weighted by atomic mass is 16.5. The fourth-order valence-corrected chi connectivity index (χ4v) is 0.720. The van der Waals surface area contributed by atoms with Crippen LogP contribution in [-0.2, 0) is 19.1 Å². The van der Waals surface area contributed by atoms with Crippen molar-refractivity contribution in [3.63, 3.8) is 0 Å². The Morgan fingerprint density at radius 1 is 1.14 bits per heavy atom. The smallest absolute Gasteiger partial charge is 0.306 e. The Balaban J connectivity index is 3.42. The molecule has 0 rings (SSSR count). The lowest BCUT2D eigenvalue weighted by molar-refractivity contribution is -0.149. The fourth-order valence-electron chi connectivity index (χ4n) is 0.720. The van der Waals surface area contributed by atoms with E-state index in [1.54, 1.807) is 0 Å². The van der Waals surface area contributed by atoms with E-state index in [0.29, 0.717) is 13.2 Å². The average molecular weight is 203 g/mol. The first-order valence-electron chi connectivity index (χ1n) is 4.43. The first kappa shape index (κ1) is 12.9. The number of rotatable bonds is 6. The number of carbonyl (C=O) groups is 2. The standard InChI is InChI=1S/C9H17NO4/c1-10(2)6-7-14-9(12)5-4-8(11)13-3/h4-7H2,1-3H3. The number of hydrogen-bond acceptors (Lipinski definition) is 5. The molecule has 0 aromatic heterocycles. The van der Waals surface area contributed by atoms with Crippen LogP contribution in [0.1, 0.15) is 12.8 Å². The lowest BCUT2D eigenvalue weighted by Gasteiger charge is -2.09. The summed E-state index contributed by atoms with van der Waals surface area (Å²) in [6, 6.07) is 0. The molecule has 0 aromatic carbocycles. The highest BCUT2D eigenvalue weighted by Crippen LogP contribution is 1.94. The summed E-state index contributed by atoms with van der Waals surface area (Å²) in [6.45, 7) is 1.04. The summed E-state index contributed by atoms with van der Waals surface area (Å²) < 4.78 is 9.25. The number of esters is 2. The molecule has 0 amide bonds. The molecule has 0 aliphatic carbocycles. The number of likely N-dealkylation sites (N-methyl/N-ethyl adjacent to an activating group) is 1. The van der Waals surface area contributed by atoms with Crippen LogP contribution in [0.15, 0.2) is 0 Å². The molecule has 0 heterocycles. The van der Waals surface area contributed by atoms with Gasteiger partial charge in [-0.05, 0) is 14.1 Å². The van der Waals surface area contributed by atoms with Crippen molar-refractivity contribution in [3.05, 3.63) is 0 Å². The van der Waals surface area contributed by atoms with Crippen molar-refractivity contribution in [2.75, 3.05) is 34.4 Å². The minimum atomic E-state index is -0.394. The minimum Gasteiger partial charge on any atom is -0.469 e. The SMILES string of the molecule is COC(=O)CCC(=O)OCCN(C)C. The molecule has 5 heteroatoms. The Hall–Kier alpha value is -1.10. The summed E-state index contributed by atoms with van der Waals surface area (Å²) in [5, 5.41) is 0. The van der Waals surface area contributed by atoms with Crippen molar-refractivity contribution >= 4 is 11.9 Å². The maximum Gasteiger partial charge on any atom is 0.306 e. The second-order valence-corrected chi connectivity index (χ2v) is 3.10. The van der Waals surface area contributed by atoms with Gasteiger partial charge in [-0.15, -0.1) is 0 Å². The fraction of sp³-hybridized carbons (Fsp3) is 0.778. The summed E-state index contributed by atoms with van der Waals surface area (Å²) in [5.74, 6) is -0.758. The lowest BCUT2D eigenvalue weighted by Crippen LogP contribution is -2.20. The summed E-state index contributed by atoms with van der Waals surface area (Å²) in [7, 11) is 5.07. The zero-order valence-corrected chi connectivity index (χ0v) is 8.91. The van der Waals surface area contributed by atoms with Gasteiger partial charge in [0.2, 0.25) is 0 Å². The van der Waals surface area contributed by atoms with Crippen LogP contribution in [0.5, 0.6) is 0 Å². The van der Waals surface area contributed by atoms with Gasteiger partial charge in [-0.3, -0.25) is 9.59 Å². The van der Waals surface area contributed by atoms with Crippen molar-refractivity contribution in [1.29, 1.82) is 0 Å². The van der Waals surface area contributed by atoms with E-state index in [2.05, 4.69) is 4.74 Å². The highest BCUT2D eigenvalue weighted by Gasteiger charge is 2.07. The topological polar surface area (TPSA) is 55.8 Å². The minimum absolute atomic E-state index is 0.0807. The maximum atomic E-state index is 11.0. The second-order valence-electron chi connectivity index (χ2n) is 3.10. The molecule has 0 bridgehead atoms. The van der Waals surface area contributed by atoms with Crippen LogP contribution in [0.2, 0.25) is 0 Å². The van der Waals surface area contributed by atoms with Crippen LogP contribution in [0.25, 0.3) is 0 Å².